The predicted octanol–water partition coefficient (Wildman–Crippen LogP) is 1.55. The number of amidine groups is 1. The highest BCUT2D eigenvalue weighted by molar-refractivity contribution is 6.31. The average Bonchev–Trinajstić information content (AvgIpc) is 2.56. The maximum Gasteiger partial charge on any atom is 0.458 e. The molecule has 1 amide bonds. The molecule has 1 aromatic heterocycles. The number of rotatable bonds is 1. The van der Waals surface area contributed by atoms with Gasteiger partial charge in [0.05, 0.1) is 6.61 Å². The summed E-state index contributed by atoms with van der Waals surface area (Å²) < 4.78 is 26.1. The second-order valence-corrected chi connectivity index (χ2v) is 4.74. The molecule has 9 heteroatoms. The molecule has 0 bridgehead atoms. The van der Waals surface area contributed by atoms with Gasteiger partial charge in [-0.05, 0) is 19.1 Å². The van der Waals surface area contributed by atoms with Crippen LogP contribution in [0.1, 0.15) is 6.92 Å². The Bertz CT molecular complexity index is 863. The molecule has 22 heavy (non-hydrogen) atoms. The van der Waals surface area contributed by atoms with E-state index >= 15 is 0 Å². The third-order valence-corrected chi connectivity index (χ3v) is 3.00. The molecular formula is C13H13ClN5O3+. The van der Waals surface area contributed by atoms with Crippen LogP contribution < -0.4 is 20.0 Å². The van der Waals surface area contributed by atoms with E-state index in [0.717, 1.165) is 4.98 Å². The standard InChI is InChI=1S/C13H12ClN5O3/c1-3-21-13(20)17-12-18-19(2)10-11(22-12)16-9-6-7(14)4-5-8(9)15-10/h4-6H,3H2,1-2H3,(H,17,18,20)/p+1/i/hD2. The Morgan fingerprint density at radius 2 is 2.50 bits per heavy atom. The van der Waals surface area contributed by atoms with Crippen LogP contribution in [0, 0.1) is 0 Å². The molecule has 114 valence electrons. The smallest absolute Gasteiger partial charge is 0.450 e. The van der Waals surface area contributed by atoms with Crippen molar-refractivity contribution in [2.45, 2.75) is 6.92 Å². The molecule has 0 radical (unpaired) electrons. The molecule has 0 atom stereocenters. The van der Waals surface area contributed by atoms with Gasteiger partial charge in [-0.15, -0.1) is 5.10 Å². The number of aromatic amines is 1. The number of benzene rings is 1. The summed E-state index contributed by atoms with van der Waals surface area (Å²) in [6, 6.07) is 4.54. The van der Waals surface area contributed by atoms with Gasteiger partial charge in [-0.2, -0.15) is 4.98 Å². The Morgan fingerprint density at radius 1 is 1.68 bits per heavy atom. The summed E-state index contributed by atoms with van der Waals surface area (Å²) in [5.74, 6) is 0.264. The minimum Gasteiger partial charge on any atom is -0.450 e. The molecule has 3 rings (SSSR count). The van der Waals surface area contributed by atoms with Crippen molar-refractivity contribution in [1.29, 1.82) is 0 Å². The lowest BCUT2D eigenvalue weighted by molar-refractivity contribution is -0.357. The lowest BCUT2D eigenvalue weighted by Crippen LogP contribution is -2.41. The fraction of sp³-hybridized carbons (Fsp3) is 0.231. The molecule has 1 aliphatic rings. The SMILES string of the molecule is [2H]N(C(=O)OCC)C1=NN(C)c2nc3ccc(Cl)cc3[n+]([2H])c2O1. The number of aromatic nitrogens is 2. The molecule has 1 aliphatic heterocycles. The van der Waals surface area contributed by atoms with Crippen LogP contribution in [0.4, 0.5) is 10.6 Å². The summed E-state index contributed by atoms with van der Waals surface area (Å²) in [4.78, 5) is 17.0. The number of ether oxygens (including phenoxy) is 2. The predicted molar refractivity (Wildman–Crippen MR) is 79.9 cm³/mol. The van der Waals surface area contributed by atoms with E-state index in [9.17, 15) is 4.79 Å². The molecule has 0 aliphatic carbocycles. The van der Waals surface area contributed by atoms with E-state index in [1.165, 1.54) is 5.01 Å². The number of alkyl carbamates (subject to hydrolysis) is 1. The Labute approximate surface area is 133 Å². The molecule has 0 saturated carbocycles. The fourth-order valence-corrected chi connectivity index (χ4v) is 2.01. The summed E-state index contributed by atoms with van der Waals surface area (Å²) in [5, 5.41) is 6.09. The second-order valence-electron chi connectivity index (χ2n) is 4.30. The largest absolute Gasteiger partial charge is 0.458 e. The summed E-state index contributed by atoms with van der Waals surface area (Å²) in [7, 11) is 1.56. The molecule has 2 heterocycles. The van der Waals surface area contributed by atoms with Gasteiger partial charge in [0.15, 0.2) is 1.41 Å². The first-order valence-corrected chi connectivity index (χ1v) is 6.80. The Balaban J connectivity index is 2.05. The monoisotopic (exact) mass is 324 g/mol. The van der Waals surface area contributed by atoms with Gasteiger partial charge in [0.1, 0.15) is 5.52 Å². The number of nitrogens with zero attached hydrogens (tertiary/aromatic N) is 3. The number of amides is 1. The highest BCUT2D eigenvalue weighted by atomic mass is 35.5. The first-order chi connectivity index (χ1) is 11.4. The molecule has 0 spiro atoms. The van der Waals surface area contributed by atoms with E-state index in [1.54, 1.807) is 32.2 Å². The van der Waals surface area contributed by atoms with Gasteiger partial charge in [-0.1, -0.05) is 11.6 Å². The van der Waals surface area contributed by atoms with Crippen molar-refractivity contribution < 1.29 is 22.1 Å². The van der Waals surface area contributed by atoms with Crippen molar-refractivity contribution in [3.63, 3.8) is 0 Å². The van der Waals surface area contributed by atoms with Crippen molar-refractivity contribution in [2.24, 2.45) is 5.10 Å². The summed E-state index contributed by atoms with van der Waals surface area (Å²) in [5.41, 5.74) is 0.930. The van der Waals surface area contributed by atoms with Gasteiger partial charge >= 0.3 is 19.4 Å². The summed E-state index contributed by atoms with van der Waals surface area (Å²) >= 11 is 5.96. The normalized spacial score (nSPS) is 14.5. The van der Waals surface area contributed by atoms with Crippen molar-refractivity contribution in [1.82, 2.24) is 10.3 Å². The van der Waals surface area contributed by atoms with Crippen molar-refractivity contribution >= 4 is 40.6 Å². The lowest BCUT2D eigenvalue weighted by Gasteiger charge is -2.19. The number of fused-ring (bicyclic) bond motifs is 2. The van der Waals surface area contributed by atoms with Crippen molar-refractivity contribution in [3.8, 4) is 5.88 Å². The van der Waals surface area contributed by atoms with Crippen LogP contribution in [0.3, 0.4) is 0 Å². The maximum atomic E-state index is 11.7. The summed E-state index contributed by atoms with van der Waals surface area (Å²) in [6.07, 6.45) is -0.943. The Hall–Kier alpha value is -2.61. The number of anilines is 1. The molecule has 2 N–H and O–H groups in total. The van der Waals surface area contributed by atoms with E-state index in [0.29, 0.717) is 21.4 Å². The van der Waals surface area contributed by atoms with Gasteiger partial charge in [0.25, 0.3) is 5.82 Å². The summed E-state index contributed by atoms with van der Waals surface area (Å²) in [6.45, 7) is 1.73. The first kappa shape index (κ1) is 12.0. The third kappa shape index (κ3) is 2.73. The zero-order valence-electron chi connectivity index (χ0n) is 13.8. The van der Waals surface area contributed by atoms with Crippen LogP contribution in [0.25, 0.3) is 11.0 Å². The topological polar surface area (TPSA) is 90.2 Å². The van der Waals surface area contributed by atoms with Crippen LogP contribution in [0.2, 0.25) is 7.85 Å². The van der Waals surface area contributed by atoms with Crippen LogP contribution in [0.15, 0.2) is 23.3 Å². The highest BCUT2D eigenvalue weighted by Crippen LogP contribution is 2.26. The van der Waals surface area contributed by atoms with Crippen molar-refractivity contribution in [2.75, 3.05) is 18.7 Å². The lowest BCUT2D eigenvalue weighted by atomic mass is 10.3. The van der Waals surface area contributed by atoms with Gasteiger partial charge in [-0.3, -0.25) is 0 Å². The van der Waals surface area contributed by atoms with E-state index in [2.05, 4.69) is 10.1 Å². The number of hydrogen-bond acceptors (Lipinski definition) is 6. The number of hydrazone groups is 1. The van der Waals surface area contributed by atoms with Crippen molar-refractivity contribution in [3.05, 3.63) is 23.2 Å². The van der Waals surface area contributed by atoms with Gasteiger partial charge in [-0.25, -0.2) is 20.1 Å². The minimum atomic E-state index is -0.943. The first-order valence-electron chi connectivity index (χ1n) is 7.32. The van der Waals surface area contributed by atoms with E-state index in [1.807, 2.05) is 0 Å². The number of carbonyl (C=O) groups is 1. The number of nitrogens with one attached hydrogen (secondary N) is 2. The highest BCUT2D eigenvalue weighted by Gasteiger charge is 2.28. The van der Waals surface area contributed by atoms with Crippen LogP contribution in [0.5, 0.6) is 5.88 Å². The molecule has 0 unspecified atom stereocenters. The molecule has 0 fully saturated rings. The van der Waals surface area contributed by atoms with Crippen LogP contribution in [-0.4, -0.2) is 30.8 Å². The van der Waals surface area contributed by atoms with Gasteiger partial charge < -0.3 is 9.47 Å². The van der Waals surface area contributed by atoms with Crippen LogP contribution in [-0.2, 0) is 4.74 Å². The fourth-order valence-electron chi connectivity index (χ4n) is 1.84. The average molecular weight is 325 g/mol. The number of H-pyrrole nitrogens is 1. The van der Waals surface area contributed by atoms with E-state index in [-0.39, 0.29) is 24.3 Å². The molecule has 8 nitrogen and oxygen atoms in total. The molecule has 0 saturated heterocycles. The van der Waals surface area contributed by atoms with Crippen LogP contribution >= 0.6 is 11.6 Å². The third-order valence-electron chi connectivity index (χ3n) is 2.76. The quantitative estimate of drug-likeness (QED) is 0.859. The zero-order valence-corrected chi connectivity index (χ0v) is 12.5. The molecule has 2 aromatic rings. The molecule has 1 aromatic carbocycles. The van der Waals surface area contributed by atoms with Gasteiger partial charge in [0.2, 0.25) is 5.52 Å². The van der Waals surface area contributed by atoms with E-state index < -0.39 is 6.09 Å². The molecular weight excluding hydrogens is 310 g/mol. The second kappa shape index (κ2) is 5.64. The number of halogens is 1. The maximum absolute atomic E-state index is 11.7. The van der Waals surface area contributed by atoms with E-state index in [4.69, 9.17) is 23.9 Å². The number of hydrogen-bond donors (Lipinski definition) is 1. The Morgan fingerprint density at radius 3 is 3.27 bits per heavy atom. The number of carbonyl (C=O) groups excluding carboxylic acids is 1. The Kier molecular flexibility index (Phi) is 3.08. The zero-order chi connectivity index (χ0) is 17.4. The minimum absolute atomic E-state index is 0.00110. The van der Waals surface area contributed by atoms with Gasteiger partial charge in [0, 0.05) is 18.1 Å².